The first-order valence-electron chi connectivity index (χ1n) is 11.9. The molecule has 0 aliphatic heterocycles. The molecule has 1 aromatic heterocycles. The van der Waals surface area contributed by atoms with Crippen molar-refractivity contribution in [1.29, 1.82) is 0 Å². The van der Waals surface area contributed by atoms with Crippen LogP contribution in [0.25, 0.3) is 0 Å². The van der Waals surface area contributed by atoms with Crippen molar-refractivity contribution in [2.75, 3.05) is 0 Å². The predicted molar refractivity (Wildman–Crippen MR) is 137 cm³/mol. The molecule has 4 aromatic rings. The summed E-state index contributed by atoms with van der Waals surface area (Å²) in [4.78, 5) is 33.1. The fraction of sp³-hybridized carbons (Fsp3) is 0.167. The summed E-state index contributed by atoms with van der Waals surface area (Å²) < 4.78 is 13.6. The summed E-state index contributed by atoms with van der Waals surface area (Å²) in [5, 5.41) is 2.95. The standard InChI is InChI=1S/C30H28FN3O2/c31-26-17-14-24(15-18-26)22-34(28(35)19-16-23-9-3-1-4-10-23)29(25-11-5-2-6-12-25)30(36)33-21-27-13-7-8-20-32-27/h1-15,17-18,20,29H,16,19,21-22H2,(H,33,36)/t29-/m0/s1. The number of benzene rings is 3. The van der Waals surface area contributed by atoms with Gasteiger partial charge in [-0.25, -0.2) is 4.39 Å². The number of amides is 2. The molecule has 4 rings (SSSR count). The van der Waals surface area contributed by atoms with Gasteiger partial charge in [-0.1, -0.05) is 78.9 Å². The Kier molecular flexibility index (Phi) is 8.54. The van der Waals surface area contributed by atoms with Gasteiger partial charge in [-0.05, 0) is 47.4 Å². The molecule has 0 aliphatic rings. The van der Waals surface area contributed by atoms with Gasteiger partial charge >= 0.3 is 0 Å². The summed E-state index contributed by atoms with van der Waals surface area (Å²) in [6.45, 7) is 0.413. The topological polar surface area (TPSA) is 62.3 Å². The van der Waals surface area contributed by atoms with Gasteiger partial charge in [0.1, 0.15) is 11.9 Å². The summed E-state index contributed by atoms with van der Waals surface area (Å²) >= 11 is 0. The molecular weight excluding hydrogens is 453 g/mol. The van der Waals surface area contributed by atoms with Gasteiger partial charge in [0.2, 0.25) is 11.8 Å². The van der Waals surface area contributed by atoms with E-state index in [-0.39, 0.29) is 37.1 Å². The van der Waals surface area contributed by atoms with E-state index >= 15 is 0 Å². The van der Waals surface area contributed by atoms with Crippen LogP contribution in [0.1, 0.15) is 34.8 Å². The maximum Gasteiger partial charge on any atom is 0.247 e. The molecule has 0 saturated heterocycles. The van der Waals surface area contributed by atoms with Crippen molar-refractivity contribution in [2.24, 2.45) is 0 Å². The Morgan fingerprint density at radius 2 is 1.47 bits per heavy atom. The zero-order valence-electron chi connectivity index (χ0n) is 19.9. The Bertz CT molecular complexity index is 1250. The van der Waals surface area contributed by atoms with Gasteiger partial charge in [0.05, 0.1) is 12.2 Å². The fourth-order valence-corrected chi connectivity index (χ4v) is 4.03. The number of hydrogen-bond acceptors (Lipinski definition) is 3. The molecule has 0 radical (unpaired) electrons. The summed E-state index contributed by atoms with van der Waals surface area (Å²) in [5.74, 6) is -0.819. The molecular formula is C30H28FN3O2. The summed E-state index contributed by atoms with van der Waals surface area (Å²) in [6.07, 6.45) is 2.46. The Balaban J connectivity index is 1.62. The SMILES string of the molecule is O=C(NCc1ccccn1)[C@H](c1ccccc1)N(Cc1ccc(F)cc1)C(=O)CCc1ccccc1. The first-order chi connectivity index (χ1) is 17.6. The highest BCUT2D eigenvalue weighted by atomic mass is 19.1. The number of halogens is 1. The molecule has 0 spiro atoms. The lowest BCUT2D eigenvalue weighted by Crippen LogP contribution is -2.43. The third kappa shape index (κ3) is 6.85. The lowest BCUT2D eigenvalue weighted by molar-refractivity contribution is -0.141. The Morgan fingerprint density at radius 1 is 0.806 bits per heavy atom. The van der Waals surface area contributed by atoms with Crippen molar-refractivity contribution in [1.82, 2.24) is 15.2 Å². The molecule has 36 heavy (non-hydrogen) atoms. The Hall–Kier alpha value is -4.32. The third-order valence-electron chi connectivity index (χ3n) is 5.90. The van der Waals surface area contributed by atoms with Crippen LogP contribution < -0.4 is 5.32 Å². The lowest BCUT2D eigenvalue weighted by Gasteiger charge is -2.32. The van der Waals surface area contributed by atoms with E-state index in [1.54, 1.807) is 23.2 Å². The number of nitrogens with one attached hydrogen (secondary N) is 1. The number of aromatic nitrogens is 1. The number of hydrogen-bond donors (Lipinski definition) is 1. The van der Waals surface area contributed by atoms with Crippen LogP contribution in [0.4, 0.5) is 4.39 Å². The highest BCUT2D eigenvalue weighted by Gasteiger charge is 2.31. The predicted octanol–water partition coefficient (Wildman–Crippen LogP) is 5.24. The molecule has 1 atom stereocenters. The maximum atomic E-state index is 13.6. The molecule has 1 N–H and O–H groups in total. The molecule has 5 nitrogen and oxygen atoms in total. The fourth-order valence-electron chi connectivity index (χ4n) is 4.03. The monoisotopic (exact) mass is 481 g/mol. The van der Waals surface area contributed by atoms with Crippen LogP contribution in [0.2, 0.25) is 0 Å². The van der Waals surface area contributed by atoms with Gasteiger partial charge in [0.25, 0.3) is 0 Å². The average Bonchev–Trinajstić information content (AvgIpc) is 2.93. The van der Waals surface area contributed by atoms with Crippen LogP contribution in [-0.2, 0) is 29.1 Å². The number of carbonyl (C=O) groups is 2. The second-order valence-corrected chi connectivity index (χ2v) is 8.49. The van der Waals surface area contributed by atoms with E-state index in [2.05, 4.69) is 10.3 Å². The number of aryl methyl sites for hydroxylation is 1. The smallest absolute Gasteiger partial charge is 0.247 e. The Morgan fingerprint density at radius 3 is 2.14 bits per heavy atom. The molecule has 1 heterocycles. The minimum atomic E-state index is -0.858. The van der Waals surface area contributed by atoms with Gasteiger partial charge in [0, 0.05) is 19.2 Å². The number of carbonyl (C=O) groups excluding carboxylic acids is 2. The first kappa shape index (κ1) is 24.8. The quantitative estimate of drug-likeness (QED) is 0.337. The van der Waals surface area contributed by atoms with E-state index in [1.807, 2.05) is 78.9 Å². The first-order valence-corrected chi connectivity index (χ1v) is 11.9. The molecule has 0 bridgehead atoms. The number of pyridine rings is 1. The largest absolute Gasteiger partial charge is 0.348 e. The van der Waals surface area contributed by atoms with Crippen molar-refractivity contribution in [3.05, 3.63) is 138 Å². The van der Waals surface area contributed by atoms with Crippen molar-refractivity contribution >= 4 is 11.8 Å². The molecule has 6 heteroatoms. The van der Waals surface area contributed by atoms with Crippen LogP contribution in [0, 0.1) is 5.82 Å². The van der Waals surface area contributed by atoms with Gasteiger partial charge < -0.3 is 10.2 Å². The van der Waals surface area contributed by atoms with Gasteiger partial charge in [-0.15, -0.1) is 0 Å². The number of nitrogens with zero attached hydrogens (tertiary/aromatic N) is 2. The van der Waals surface area contributed by atoms with Gasteiger partial charge in [-0.3, -0.25) is 14.6 Å². The molecule has 0 saturated carbocycles. The van der Waals surface area contributed by atoms with Crippen molar-refractivity contribution in [3.63, 3.8) is 0 Å². The maximum absolute atomic E-state index is 13.6. The van der Waals surface area contributed by atoms with E-state index in [1.165, 1.54) is 12.1 Å². The van der Waals surface area contributed by atoms with E-state index in [9.17, 15) is 14.0 Å². The molecule has 182 valence electrons. The third-order valence-corrected chi connectivity index (χ3v) is 5.90. The Labute approximate surface area is 210 Å². The highest BCUT2D eigenvalue weighted by molar-refractivity contribution is 5.88. The van der Waals surface area contributed by atoms with Gasteiger partial charge in [-0.2, -0.15) is 0 Å². The minimum absolute atomic E-state index is 0.162. The average molecular weight is 482 g/mol. The van der Waals surface area contributed by atoms with Crippen LogP contribution >= 0.6 is 0 Å². The molecule has 0 unspecified atom stereocenters. The van der Waals surface area contributed by atoms with Crippen LogP contribution in [0.5, 0.6) is 0 Å². The minimum Gasteiger partial charge on any atom is -0.348 e. The summed E-state index contributed by atoms with van der Waals surface area (Å²) in [7, 11) is 0. The highest BCUT2D eigenvalue weighted by Crippen LogP contribution is 2.25. The van der Waals surface area contributed by atoms with Crippen LogP contribution in [0.15, 0.2) is 109 Å². The second kappa shape index (κ2) is 12.4. The van der Waals surface area contributed by atoms with E-state index in [0.29, 0.717) is 12.0 Å². The van der Waals surface area contributed by atoms with Crippen molar-refractivity contribution in [2.45, 2.75) is 32.0 Å². The second-order valence-electron chi connectivity index (χ2n) is 8.49. The zero-order chi connectivity index (χ0) is 25.2. The van der Waals surface area contributed by atoms with E-state index < -0.39 is 6.04 Å². The molecule has 2 amide bonds. The van der Waals surface area contributed by atoms with Crippen LogP contribution in [0.3, 0.4) is 0 Å². The summed E-state index contributed by atoms with van der Waals surface area (Å²) in [6, 6.07) is 29.7. The molecule has 0 aliphatic carbocycles. The van der Waals surface area contributed by atoms with E-state index in [4.69, 9.17) is 0 Å². The van der Waals surface area contributed by atoms with E-state index in [0.717, 1.165) is 16.8 Å². The van der Waals surface area contributed by atoms with Crippen LogP contribution in [-0.4, -0.2) is 21.7 Å². The molecule has 3 aromatic carbocycles. The van der Waals surface area contributed by atoms with Crippen molar-refractivity contribution < 1.29 is 14.0 Å². The van der Waals surface area contributed by atoms with Crippen molar-refractivity contribution in [3.8, 4) is 0 Å². The summed E-state index contributed by atoms with van der Waals surface area (Å²) in [5.41, 5.74) is 3.20. The molecule has 0 fully saturated rings. The number of rotatable bonds is 10. The normalized spacial score (nSPS) is 11.5. The van der Waals surface area contributed by atoms with Gasteiger partial charge in [0.15, 0.2) is 0 Å². The lowest BCUT2D eigenvalue weighted by atomic mass is 10.0. The zero-order valence-corrected chi connectivity index (χ0v) is 19.9.